The molecule has 5 atom stereocenters. The molecule has 2 bridgehead atoms. The predicted molar refractivity (Wildman–Crippen MR) is 160 cm³/mol. The van der Waals surface area contributed by atoms with Crippen LogP contribution in [0, 0.1) is 57.9 Å². The molecule has 0 aromatic heterocycles. The number of esters is 1. The van der Waals surface area contributed by atoms with Crippen LogP contribution in [-0.4, -0.2) is 77.0 Å². The standard InChI is InChI=1S/C34H38N2O8.Ac/c1-17-12-20-13-23-34(40)36-22(28(35(23)3)26(20)30(39)31(17)41-4)14-21-27(33-32(43-16-44-33)18(2)29(21)38)24(36)15-42-25(37)11-10-19-8-6-5-7-9-19;/h5-9,12,22-24,28,34,38-40H,10-11,13-16H2,1-4H3;/t22?,23-,24-,28-,34-;/m0./s1. The van der Waals surface area contributed by atoms with Crippen molar-refractivity contribution < 1.29 is 83.1 Å². The van der Waals surface area contributed by atoms with Gasteiger partial charge in [0.2, 0.25) is 6.79 Å². The average molecular weight is 830 g/mol. The largest absolute Gasteiger partial charge is 0.507 e. The van der Waals surface area contributed by atoms with Crippen LogP contribution in [0.25, 0.3) is 0 Å². The van der Waals surface area contributed by atoms with E-state index < -0.39 is 12.3 Å². The van der Waals surface area contributed by atoms with E-state index >= 15 is 0 Å². The van der Waals surface area contributed by atoms with Gasteiger partial charge in [-0.2, -0.15) is 0 Å². The van der Waals surface area contributed by atoms with Gasteiger partial charge in [0.15, 0.2) is 23.0 Å². The molecule has 10 nitrogen and oxygen atoms in total. The summed E-state index contributed by atoms with van der Waals surface area (Å²) in [6.45, 7) is 3.65. The van der Waals surface area contributed by atoms with Crippen LogP contribution < -0.4 is 14.2 Å². The minimum absolute atomic E-state index is 0. The molecular formula is C34H38AcN2O8. The fraction of sp³-hybridized carbons (Fsp3) is 0.441. The summed E-state index contributed by atoms with van der Waals surface area (Å²) in [6.07, 6.45) is 0.708. The number of hydrogen-bond acceptors (Lipinski definition) is 10. The second kappa shape index (κ2) is 12.6. The van der Waals surface area contributed by atoms with Gasteiger partial charge in [-0.25, -0.2) is 0 Å². The van der Waals surface area contributed by atoms with Crippen molar-refractivity contribution >= 4 is 5.97 Å². The van der Waals surface area contributed by atoms with Crippen LogP contribution in [0.1, 0.15) is 57.4 Å². The first kappa shape index (κ1) is 32.4. The predicted octanol–water partition coefficient (Wildman–Crippen LogP) is 3.83. The number of piperazine rings is 1. The minimum Gasteiger partial charge on any atom is -0.507 e. The van der Waals surface area contributed by atoms with Gasteiger partial charge in [0.05, 0.1) is 25.2 Å². The number of ether oxygens (including phenoxy) is 4. The summed E-state index contributed by atoms with van der Waals surface area (Å²) in [5, 5.41) is 35.1. The maximum atomic E-state index is 13.1. The number of phenols is 2. The van der Waals surface area contributed by atoms with Crippen molar-refractivity contribution in [3.63, 3.8) is 0 Å². The zero-order valence-electron chi connectivity index (χ0n) is 25.9. The first-order chi connectivity index (χ1) is 21.2. The molecule has 0 aliphatic carbocycles. The average Bonchev–Trinajstić information content (AvgIpc) is 3.51. The molecule has 4 heterocycles. The van der Waals surface area contributed by atoms with E-state index in [0.29, 0.717) is 53.2 Å². The summed E-state index contributed by atoms with van der Waals surface area (Å²) in [4.78, 5) is 17.2. The molecular weight excluding hydrogens is 791 g/mol. The second-order valence-corrected chi connectivity index (χ2v) is 12.3. The number of aromatic hydroxyl groups is 2. The normalized spacial score (nSPS) is 24.6. The van der Waals surface area contributed by atoms with E-state index in [2.05, 4.69) is 4.90 Å². The van der Waals surface area contributed by atoms with Crippen LogP contribution in [0.4, 0.5) is 0 Å². The summed E-state index contributed by atoms with van der Waals surface area (Å²) >= 11 is 0. The van der Waals surface area contributed by atoms with Gasteiger partial charge in [0, 0.05) is 78.8 Å². The smallest absolute Gasteiger partial charge is 0.306 e. The Hall–Kier alpha value is -2.55. The molecule has 1 fully saturated rings. The van der Waals surface area contributed by atoms with Crippen molar-refractivity contribution in [1.82, 2.24) is 9.80 Å². The van der Waals surface area contributed by atoms with Crippen molar-refractivity contribution in [2.75, 3.05) is 27.6 Å². The molecule has 7 rings (SSSR count). The third kappa shape index (κ3) is 5.19. The summed E-state index contributed by atoms with van der Waals surface area (Å²) in [5.41, 5.74) is 5.51. The Balaban J connectivity index is 0.00000357. The number of likely N-dealkylation sites (N-methyl/N-ethyl adjacent to an activating group) is 1. The number of phenolic OH excluding ortho intramolecular Hbond substituents is 2. The van der Waals surface area contributed by atoms with Gasteiger partial charge in [0.1, 0.15) is 18.6 Å². The third-order valence-electron chi connectivity index (χ3n) is 9.99. The Bertz CT molecular complexity index is 1630. The van der Waals surface area contributed by atoms with Crippen LogP contribution in [0.2, 0.25) is 0 Å². The molecule has 235 valence electrons. The molecule has 4 aliphatic rings. The van der Waals surface area contributed by atoms with Gasteiger partial charge in [0.25, 0.3) is 0 Å². The fourth-order valence-electron chi connectivity index (χ4n) is 7.95. The third-order valence-corrected chi connectivity index (χ3v) is 9.99. The molecule has 1 unspecified atom stereocenters. The van der Waals surface area contributed by atoms with E-state index in [1.807, 2.05) is 55.3 Å². The molecule has 11 heteroatoms. The Morgan fingerprint density at radius 1 is 1.02 bits per heavy atom. The summed E-state index contributed by atoms with van der Waals surface area (Å²) in [5.74, 6) is 1.24. The summed E-state index contributed by atoms with van der Waals surface area (Å²) in [7, 11) is 3.51. The molecule has 0 amide bonds. The fourth-order valence-corrected chi connectivity index (χ4v) is 7.95. The SMILES string of the molecule is COc1c(C)cc2c(c1O)[C@@H]1C3Cc4c(O)c(C)c5c(c4[C@H](COC(=O)CCc4ccccc4)N3[C@@H](O)[C@H](C2)N1C)OCO5.[Ac]. The number of benzene rings is 3. The Labute approximate surface area is 298 Å². The maximum absolute atomic E-state index is 13.1. The molecule has 45 heavy (non-hydrogen) atoms. The van der Waals surface area contributed by atoms with Gasteiger partial charge in [-0.3, -0.25) is 14.6 Å². The first-order valence-corrected chi connectivity index (χ1v) is 15.1. The van der Waals surface area contributed by atoms with E-state index in [-0.39, 0.29) is 99.5 Å². The van der Waals surface area contributed by atoms with Crippen LogP contribution in [0.15, 0.2) is 36.4 Å². The number of nitrogens with zero attached hydrogens (tertiary/aromatic N) is 2. The van der Waals surface area contributed by atoms with Crippen molar-refractivity contribution in [2.45, 2.75) is 69.9 Å². The number of methoxy groups -OCH3 is 1. The van der Waals surface area contributed by atoms with Crippen LogP contribution >= 0.6 is 0 Å². The van der Waals surface area contributed by atoms with Crippen molar-refractivity contribution in [2.24, 2.45) is 0 Å². The molecule has 3 aromatic rings. The zero-order valence-corrected chi connectivity index (χ0v) is 30.7. The van der Waals surface area contributed by atoms with E-state index in [4.69, 9.17) is 18.9 Å². The second-order valence-electron chi connectivity index (χ2n) is 12.3. The number of carbonyl (C=O) groups excluding carboxylic acids is 1. The zero-order chi connectivity index (χ0) is 30.9. The summed E-state index contributed by atoms with van der Waals surface area (Å²) < 4.78 is 23.3. The van der Waals surface area contributed by atoms with E-state index in [0.717, 1.165) is 22.3 Å². The molecule has 3 aromatic carbocycles. The number of hydrogen-bond donors (Lipinski definition) is 3. The molecule has 1 saturated heterocycles. The van der Waals surface area contributed by atoms with Gasteiger partial charge >= 0.3 is 5.97 Å². The van der Waals surface area contributed by atoms with Crippen molar-refractivity contribution in [3.05, 3.63) is 75.3 Å². The van der Waals surface area contributed by atoms with Gasteiger partial charge in [-0.15, -0.1) is 0 Å². The van der Waals surface area contributed by atoms with Crippen LogP contribution in [0.3, 0.4) is 0 Å². The Kier molecular flexibility index (Phi) is 9.05. The van der Waals surface area contributed by atoms with E-state index in [1.165, 1.54) is 0 Å². The number of aliphatic hydroxyl groups excluding tert-OH is 1. The van der Waals surface area contributed by atoms with Crippen molar-refractivity contribution in [3.8, 4) is 28.7 Å². The molecule has 1 radical (unpaired) electrons. The summed E-state index contributed by atoms with van der Waals surface area (Å²) in [6, 6.07) is 10.2. The quantitative estimate of drug-likeness (QED) is 0.317. The van der Waals surface area contributed by atoms with Crippen LogP contribution in [0.5, 0.6) is 28.7 Å². The van der Waals surface area contributed by atoms with E-state index in [9.17, 15) is 20.1 Å². The molecule has 3 N–H and O–H groups in total. The number of carbonyl (C=O) groups is 1. The number of aryl methyl sites for hydroxylation is 2. The number of aliphatic hydroxyl groups is 1. The van der Waals surface area contributed by atoms with Crippen LogP contribution in [-0.2, 0) is 28.8 Å². The maximum Gasteiger partial charge on any atom is 0.306 e. The molecule has 0 saturated carbocycles. The molecule has 0 spiro atoms. The minimum atomic E-state index is -0.929. The number of fused-ring (bicyclic) bond motifs is 9. The van der Waals surface area contributed by atoms with Gasteiger partial charge in [-0.1, -0.05) is 36.4 Å². The monoisotopic (exact) mass is 829 g/mol. The Morgan fingerprint density at radius 2 is 1.76 bits per heavy atom. The topological polar surface area (TPSA) is 121 Å². The van der Waals surface area contributed by atoms with Crippen molar-refractivity contribution in [1.29, 1.82) is 0 Å². The number of rotatable bonds is 6. The Morgan fingerprint density at radius 3 is 2.49 bits per heavy atom. The molecule has 4 aliphatic heterocycles. The van der Waals surface area contributed by atoms with Gasteiger partial charge in [-0.05, 0) is 56.8 Å². The van der Waals surface area contributed by atoms with Gasteiger partial charge < -0.3 is 34.3 Å². The van der Waals surface area contributed by atoms with E-state index in [1.54, 1.807) is 14.0 Å². The first-order valence-electron chi connectivity index (χ1n) is 15.1.